The van der Waals surface area contributed by atoms with Gasteiger partial charge in [-0.05, 0) is 36.4 Å². The van der Waals surface area contributed by atoms with Gasteiger partial charge in [0.1, 0.15) is 5.75 Å². The second-order valence-corrected chi connectivity index (χ2v) is 4.73. The van der Waals surface area contributed by atoms with Crippen LogP contribution in [0.3, 0.4) is 0 Å². The number of nitrogens with zero attached hydrogens (tertiary/aromatic N) is 1. The van der Waals surface area contributed by atoms with Gasteiger partial charge in [0.2, 0.25) is 0 Å². The van der Waals surface area contributed by atoms with Crippen molar-refractivity contribution in [3.8, 4) is 17.2 Å². The first-order valence-corrected chi connectivity index (χ1v) is 6.58. The Labute approximate surface area is 131 Å². The average Bonchev–Trinajstić information content (AvgIpc) is 2.51. The van der Waals surface area contributed by atoms with Crippen molar-refractivity contribution in [3.63, 3.8) is 0 Å². The lowest BCUT2D eigenvalue weighted by Crippen LogP contribution is -2.17. The van der Waals surface area contributed by atoms with Gasteiger partial charge < -0.3 is 14.9 Å². The Morgan fingerprint density at radius 1 is 1.23 bits per heavy atom. The number of phenolic OH excluding ortho intramolecular Hbond substituents is 2. The zero-order chi connectivity index (χ0) is 16.1. The van der Waals surface area contributed by atoms with Gasteiger partial charge in [-0.1, -0.05) is 11.6 Å². The Bertz CT molecular complexity index is 731. The van der Waals surface area contributed by atoms with Crippen LogP contribution in [0.4, 0.5) is 0 Å². The van der Waals surface area contributed by atoms with Crippen molar-refractivity contribution in [2.45, 2.75) is 0 Å². The van der Waals surface area contributed by atoms with E-state index >= 15 is 0 Å². The summed E-state index contributed by atoms with van der Waals surface area (Å²) < 4.78 is 4.92. The van der Waals surface area contributed by atoms with Crippen molar-refractivity contribution in [1.82, 2.24) is 5.43 Å². The lowest BCUT2D eigenvalue weighted by atomic mass is 10.2. The van der Waals surface area contributed by atoms with Crippen molar-refractivity contribution in [2.75, 3.05) is 7.11 Å². The molecule has 0 aliphatic carbocycles. The van der Waals surface area contributed by atoms with E-state index in [-0.39, 0.29) is 22.8 Å². The highest BCUT2D eigenvalue weighted by Gasteiger charge is 2.09. The van der Waals surface area contributed by atoms with Crippen molar-refractivity contribution in [2.24, 2.45) is 5.10 Å². The number of rotatable bonds is 4. The second-order valence-electron chi connectivity index (χ2n) is 4.29. The fourth-order valence-corrected chi connectivity index (χ4v) is 1.85. The van der Waals surface area contributed by atoms with Gasteiger partial charge in [-0.15, -0.1) is 0 Å². The molecule has 0 saturated heterocycles. The van der Waals surface area contributed by atoms with Crippen molar-refractivity contribution >= 4 is 23.7 Å². The first-order chi connectivity index (χ1) is 10.5. The molecule has 0 spiro atoms. The van der Waals surface area contributed by atoms with Crippen LogP contribution >= 0.6 is 11.6 Å². The summed E-state index contributed by atoms with van der Waals surface area (Å²) in [6.07, 6.45) is 1.27. The molecule has 0 fully saturated rings. The quantitative estimate of drug-likeness (QED) is 0.596. The predicted octanol–water partition coefficient (Wildman–Crippen LogP) is 2.52. The highest BCUT2D eigenvalue weighted by Crippen LogP contribution is 2.26. The number of ether oxygens (including phenoxy) is 1. The molecule has 0 heterocycles. The molecule has 0 saturated carbocycles. The second kappa shape index (κ2) is 6.82. The first kappa shape index (κ1) is 15.7. The van der Waals surface area contributed by atoms with Gasteiger partial charge >= 0.3 is 0 Å². The van der Waals surface area contributed by atoms with E-state index in [1.165, 1.54) is 49.7 Å². The highest BCUT2D eigenvalue weighted by atomic mass is 35.5. The van der Waals surface area contributed by atoms with Crippen LogP contribution in [-0.4, -0.2) is 29.4 Å². The number of halogens is 1. The number of carbonyl (C=O) groups excluding carboxylic acids is 1. The van der Waals surface area contributed by atoms with Gasteiger partial charge in [-0.25, -0.2) is 5.43 Å². The van der Waals surface area contributed by atoms with E-state index in [1.807, 2.05) is 0 Å². The van der Waals surface area contributed by atoms with Crippen molar-refractivity contribution < 1.29 is 19.7 Å². The summed E-state index contributed by atoms with van der Waals surface area (Å²) >= 11 is 5.80. The van der Waals surface area contributed by atoms with Crippen LogP contribution in [0.25, 0.3) is 0 Å². The number of amides is 1. The average molecular weight is 321 g/mol. The lowest BCUT2D eigenvalue weighted by molar-refractivity contribution is 0.0954. The first-order valence-electron chi connectivity index (χ1n) is 6.20. The summed E-state index contributed by atoms with van der Waals surface area (Å²) in [5.41, 5.74) is 2.94. The largest absolute Gasteiger partial charge is 0.507 e. The number of hydrogen-bond acceptors (Lipinski definition) is 5. The molecule has 0 aromatic heterocycles. The summed E-state index contributed by atoms with van der Waals surface area (Å²) in [6.45, 7) is 0. The molecule has 2 rings (SSSR count). The molecule has 114 valence electrons. The minimum atomic E-state index is -0.490. The topological polar surface area (TPSA) is 91.2 Å². The summed E-state index contributed by atoms with van der Waals surface area (Å²) in [6, 6.07) is 8.64. The van der Waals surface area contributed by atoms with E-state index in [4.69, 9.17) is 16.3 Å². The minimum absolute atomic E-state index is 0.00583. The van der Waals surface area contributed by atoms with Gasteiger partial charge in [0.05, 0.1) is 13.3 Å². The summed E-state index contributed by atoms with van der Waals surface area (Å²) in [5, 5.41) is 23.3. The molecular formula is C15H13ClN2O4. The molecule has 0 atom stereocenters. The van der Waals surface area contributed by atoms with E-state index in [2.05, 4.69) is 10.5 Å². The zero-order valence-electron chi connectivity index (χ0n) is 11.6. The van der Waals surface area contributed by atoms with Gasteiger partial charge in [-0.2, -0.15) is 5.10 Å². The molecule has 22 heavy (non-hydrogen) atoms. The maximum absolute atomic E-state index is 11.9. The Balaban J connectivity index is 2.09. The van der Waals surface area contributed by atoms with Gasteiger partial charge in [-0.3, -0.25) is 4.79 Å². The van der Waals surface area contributed by atoms with E-state index < -0.39 is 5.91 Å². The fraction of sp³-hybridized carbons (Fsp3) is 0.0667. The van der Waals surface area contributed by atoms with Crippen LogP contribution in [0.15, 0.2) is 41.5 Å². The van der Waals surface area contributed by atoms with Gasteiger partial charge in [0.15, 0.2) is 11.5 Å². The molecular weight excluding hydrogens is 308 g/mol. The molecule has 0 aliphatic rings. The highest BCUT2D eigenvalue weighted by molar-refractivity contribution is 6.30. The third-order valence-corrected chi connectivity index (χ3v) is 3.04. The fourth-order valence-electron chi connectivity index (χ4n) is 1.67. The van der Waals surface area contributed by atoms with Crippen LogP contribution in [0.2, 0.25) is 5.02 Å². The number of nitrogens with one attached hydrogen (secondary N) is 1. The third kappa shape index (κ3) is 3.67. The predicted molar refractivity (Wildman–Crippen MR) is 82.8 cm³/mol. The van der Waals surface area contributed by atoms with Crippen LogP contribution in [0.1, 0.15) is 15.9 Å². The number of carbonyl (C=O) groups is 1. The number of methoxy groups -OCH3 is 1. The number of phenols is 2. The van der Waals surface area contributed by atoms with Crippen LogP contribution in [0.5, 0.6) is 17.2 Å². The molecule has 0 unspecified atom stereocenters. The summed E-state index contributed by atoms with van der Waals surface area (Å²) in [4.78, 5) is 11.9. The monoisotopic (exact) mass is 320 g/mol. The Morgan fingerprint density at radius 3 is 2.68 bits per heavy atom. The standard InChI is InChI=1S/C15H13ClN2O4/c1-22-14-7-9(2-4-13(14)20)15(21)18-17-8-10-6-11(16)3-5-12(10)19/h2-8,19-20H,1H3,(H,18,21). The number of hydrogen-bond donors (Lipinski definition) is 3. The lowest BCUT2D eigenvalue weighted by Gasteiger charge is -2.05. The zero-order valence-corrected chi connectivity index (χ0v) is 12.3. The van der Waals surface area contributed by atoms with E-state index in [1.54, 1.807) is 0 Å². The summed E-state index contributed by atoms with van der Waals surface area (Å²) in [5.74, 6) is -0.375. The van der Waals surface area contributed by atoms with E-state index in [0.29, 0.717) is 10.6 Å². The van der Waals surface area contributed by atoms with Gasteiger partial charge in [0, 0.05) is 16.1 Å². The van der Waals surface area contributed by atoms with E-state index in [9.17, 15) is 15.0 Å². The Kier molecular flexibility index (Phi) is 4.85. The number of aromatic hydroxyl groups is 2. The summed E-state index contributed by atoms with van der Waals surface area (Å²) in [7, 11) is 1.39. The van der Waals surface area contributed by atoms with Crippen LogP contribution in [-0.2, 0) is 0 Å². The van der Waals surface area contributed by atoms with E-state index in [0.717, 1.165) is 0 Å². The SMILES string of the molecule is COc1cc(C(=O)NN=Cc2cc(Cl)ccc2O)ccc1O. The number of hydrazone groups is 1. The molecule has 7 heteroatoms. The Hall–Kier alpha value is -2.73. The molecule has 0 bridgehead atoms. The smallest absolute Gasteiger partial charge is 0.271 e. The molecule has 1 amide bonds. The van der Waals surface area contributed by atoms with Crippen molar-refractivity contribution in [1.29, 1.82) is 0 Å². The maximum atomic E-state index is 11.9. The maximum Gasteiger partial charge on any atom is 0.271 e. The molecule has 6 nitrogen and oxygen atoms in total. The van der Waals surface area contributed by atoms with Crippen LogP contribution in [0, 0.1) is 0 Å². The normalized spacial score (nSPS) is 10.6. The van der Waals surface area contributed by atoms with Gasteiger partial charge in [0.25, 0.3) is 5.91 Å². The third-order valence-electron chi connectivity index (χ3n) is 2.80. The van der Waals surface area contributed by atoms with Crippen molar-refractivity contribution in [3.05, 3.63) is 52.5 Å². The van der Waals surface area contributed by atoms with Crippen LogP contribution < -0.4 is 10.2 Å². The Morgan fingerprint density at radius 2 is 1.95 bits per heavy atom. The molecule has 2 aromatic rings. The molecule has 0 radical (unpaired) electrons. The molecule has 0 aliphatic heterocycles. The molecule has 2 aromatic carbocycles. The minimum Gasteiger partial charge on any atom is -0.507 e. The molecule has 3 N–H and O–H groups in total. The number of benzene rings is 2.